The van der Waals surface area contributed by atoms with Gasteiger partial charge in [0.2, 0.25) is 5.91 Å². The Hall–Kier alpha value is -1.14. The van der Waals surface area contributed by atoms with Crippen LogP contribution in [-0.4, -0.2) is 23.6 Å². The topological polar surface area (TPSA) is 71.2 Å². The molecule has 6 heteroatoms. The minimum absolute atomic E-state index is 0.0386. The Bertz CT molecular complexity index is 369. The summed E-state index contributed by atoms with van der Waals surface area (Å²) in [6, 6.07) is 0. The fourth-order valence-corrected chi connectivity index (χ4v) is 1.47. The highest BCUT2D eigenvalue weighted by Gasteiger charge is 2.03. The minimum atomic E-state index is -0.184. The summed E-state index contributed by atoms with van der Waals surface area (Å²) in [5, 5.41) is 4.33. The van der Waals surface area contributed by atoms with E-state index in [0.29, 0.717) is 12.2 Å². The summed E-state index contributed by atoms with van der Waals surface area (Å²) in [7, 11) is 0. The van der Waals surface area contributed by atoms with E-state index in [-0.39, 0.29) is 23.5 Å². The number of hydrogen-bond donors (Lipinski definition) is 2. The van der Waals surface area contributed by atoms with Gasteiger partial charge in [0.25, 0.3) is 0 Å². The average Bonchev–Trinajstić information content (AvgIpc) is 2.58. The van der Waals surface area contributed by atoms with Gasteiger partial charge in [-0.3, -0.25) is 9.59 Å². The number of carbonyl (C=O) groups excluding carboxylic acids is 1. The molecule has 1 amide bonds. The van der Waals surface area contributed by atoms with E-state index in [1.807, 2.05) is 13.8 Å². The Labute approximate surface area is 91.5 Å². The molecule has 0 bridgehead atoms. The summed E-state index contributed by atoms with van der Waals surface area (Å²) in [5.74, 6) is -0.184. The maximum Gasteiger partial charge on any atom is 0.304 e. The van der Waals surface area contributed by atoms with Gasteiger partial charge < -0.3 is 15.0 Å². The Balaban J connectivity index is 2.25. The largest absolute Gasteiger partial charge is 0.369 e. The van der Waals surface area contributed by atoms with Crippen LogP contribution in [0.1, 0.15) is 19.5 Å². The van der Waals surface area contributed by atoms with Crippen molar-refractivity contribution in [3.63, 3.8) is 0 Å². The van der Waals surface area contributed by atoms with E-state index in [2.05, 4.69) is 10.3 Å². The zero-order valence-electron chi connectivity index (χ0n) is 8.70. The van der Waals surface area contributed by atoms with Crippen LogP contribution in [0.4, 0.5) is 0 Å². The summed E-state index contributed by atoms with van der Waals surface area (Å²) in [5.41, 5.74) is 0.711. The highest BCUT2D eigenvalue weighted by Crippen LogP contribution is 1.94. The molecule has 0 saturated carbocycles. The highest BCUT2D eigenvalue weighted by atomic mass is 32.1. The number of aromatic amines is 1. The second-order valence-electron chi connectivity index (χ2n) is 3.31. The van der Waals surface area contributed by atoms with Crippen LogP contribution in [0.25, 0.3) is 0 Å². The molecule has 5 nitrogen and oxygen atoms in total. The Morgan fingerprint density at radius 1 is 1.67 bits per heavy atom. The number of rotatable bonds is 5. The van der Waals surface area contributed by atoms with Gasteiger partial charge in [-0.25, -0.2) is 0 Å². The first-order valence-corrected chi connectivity index (χ1v) is 5.51. The molecule has 0 atom stereocenters. The first-order valence-electron chi connectivity index (χ1n) is 4.63. The Kier molecular flexibility index (Phi) is 4.51. The third-order valence-corrected chi connectivity index (χ3v) is 2.31. The summed E-state index contributed by atoms with van der Waals surface area (Å²) in [4.78, 5) is 24.5. The molecule has 0 spiro atoms. The minimum Gasteiger partial charge on any atom is -0.369 e. The summed E-state index contributed by atoms with van der Waals surface area (Å²) in [6.45, 7) is 4.11. The molecule has 1 aromatic heterocycles. The molecule has 1 heterocycles. The first kappa shape index (κ1) is 11.9. The van der Waals surface area contributed by atoms with Crippen molar-refractivity contribution < 1.29 is 9.53 Å². The van der Waals surface area contributed by atoms with Crippen LogP contribution in [0.5, 0.6) is 0 Å². The normalized spacial score (nSPS) is 10.6. The van der Waals surface area contributed by atoms with Crippen LogP contribution in [0.2, 0.25) is 0 Å². The van der Waals surface area contributed by atoms with Gasteiger partial charge >= 0.3 is 4.87 Å². The lowest BCUT2D eigenvalue weighted by Gasteiger charge is -2.07. The van der Waals surface area contributed by atoms with E-state index in [4.69, 9.17) is 4.74 Å². The van der Waals surface area contributed by atoms with Gasteiger partial charge in [-0.1, -0.05) is 11.3 Å². The Morgan fingerprint density at radius 2 is 2.40 bits per heavy atom. The number of ether oxygens (including phenoxy) is 1. The third-order valence-electron chi connectivity index (χ3n) is 1.59. The summed E-state index contributed by atoms with van der Waals surface area (Å²) >= 11 is 1.08. The van der Waals surface area contributed by atoms with E-state index >= 15 is 0 Å². The van der Waals surface area contributed by atoms with Gasteiger partial charge in [-0.15, -0.1) is 0 Å². The van der Waals surface area contributed by atoms with Crippen LogP contribution >= 0.6 is 11.3 Å². The average molecular weight is 230 g/mol. The Morgan fingerprint density at radius 3 is 2.93 bits per heavy atom. The maximum atomic E-state index is 11.2. The number of aromatic nitrogens is 1. The van der Waals surface area contributed by atoms with Crippen molar-refractivity contribution in [1.82, 2.24) is 10.3 Å². The zero-order chi connectivity index (χ0) is 11.3. The van der Waals surface area contributed by atoms with E-state index in [1.165, 1.54) is 0 Å². The van der Waals surface area contributed by atoms with Crippen molar-refractivity contribution in [2.45, 2.75) is 26.5 Å². The molecule has 2 N–H and O–H groups in total. The van der Waals surface area contributed by atoms with Crippen molar-refractivity contribution in [1.29, 1.82) is 0 Å². The summed E-state index contributed by atoms with van der Waals surface area (Å²) in [6.07, 6.45) is 0.0386. The van der Waals surface area contributed by atoms with Crippen molar-refractivity contribution >= 4 is 17.2 Å². The fraction of sp³-hybridized carbons (Fsp3) is 0.556. The molecule has 84 valence electrons. The highest BCUT2D eigenvalue weighted by molar-refractivity contribution is 7.07. The van der Waals surface area contributed by atoms with E-state index in [0.717, 1.165) is 11.3 Å². The van der Waals surface area contributed by atoms with E-state index < -0.39 is 0 Å². The molecule has 0 unspecified atom stereocenters. The van der Waals surface area contributed by atoms with Crippen LogP contribution in [-0.2, 0) is 16.1 Å². The lowest BCUT2D eigenvalue weighted by atomic mass is 10.4. The first-order chi connectivity index (χ1) is 7.08. The second-order valence-corrected chi connectivity index (χ2v) is 4.15. The predicted molar refractivity (Wildman–Crippen MR) is 57.9 cm³/mol. The van der Waals surface area contributed by atoms with Crippen LogP contribution < -0.4 is 10.2 Å². The number of amides is 1. The number of H-pyrrole nitrogens is 1. The van der Waals surface area contributed by atoms with Crippen LogP contribution in [0.15, 0.2) is 10.2 Å². The molecule has 0 aliphatic carbocycles. The van der Waals surface area contributed by atoms with Crippen molar-refractivity contribution in [3.05, 3.63) is 20.7 Å². The number of hydrogen-bond acceptors (Lipinski definition) is 4. The van der Waals surface area contributed by atoms with Crippen molar-refractivity contribution in [3.8, 4) is 0 Å². The van der Waals surface area contributed by atoms with Crippen molar-refractivity contribution in [2.24, 2.45) is 0 Å². The molecule has 1 aromatic rings. The van der Waals surface area contributed by atoms with Crippen LogP contribution in [0, 0.1) is 0 Å². The number of carbonyl (C=O) groups is 1. The predicted octanol–water partition coefficient (Wildman–Crippen LogP) is 0.478. The van der Waals surface area contributed by atoms with Gasteiger partial charge in [-0.2, -0.15) is 0 Å². The molecular formula is C9H14N2O3S. The van der Waals surface area contributed by atoms with Gasteiger partial charge in [-0.05, 0) is 13.8 Å². The molecule has 1 rings (SSSR count). The van der Waals surface area contributed by atoms with Crippen molar-refractivity contribution in [2.75, 3.05) is 6.61 Å². The quantitative estimate of drug-likeness (QED) is 0.772. The number of nitrogens with one attached hydrogen (secondary N) is 2. The molecule has 0 aliphatic heterocycles. The van der Waals surface area contributed by atoms with Gasteiger partial charge in [0.15, 0.2) is 0 Å². The molecular weight excluding hydrogens is 216 g/mol. The maximum absolute atomic E-state index is 11.2. The fourth-order valence-electron chi connectivity index (χ4n) is 0.888. The summed E-state index contributed by atoms with van der Waals surface area (Å²) < 4.78 is 5.12. The zero-order valence-corrected chi connectivity index (χ0v) is 9.52. The lowest BCUT2D eigenvalue weighted by Crippen LogP contribution is -2.28. The molecule has 0 radical (unpaired) electrons. The van der Waals surface area contributed by atoms with E-state index in [9.17, 15) is 9.59 Å². The van der Waals surface area contributed by atoms with Gasteiger partial charge in [0.05, 0.1) is 12.6 Å². The second kappa shape index (κ2) is 5.67. The lowest BCUT2D eigenvalue weighted by molar-refractivity contribution is -0.127. The standard InChI is InChI=1S/C9H14N2O3S/c1-6(2)14-4-8(12)10-3-7-5-15-9(13)11-7/h5-6H,3-4H2,1-2H3,(H,10,12)(H,11,13). The SMILES string of the molecule is CC(C)OCC(=O)NCc1csc(=O)[nH]1. The molecule has 0 fully saturated rings. The number of thiazole rings is 1. The van der Waals surface area contributed by atoms with Gasteiger partial charge in [0, 0.05) is 11.1 Å². The van der Waals surface area contributed by atoms with Crippen LogP contribution in [0.3, 0.4) is 0 Å². The molecule has 0 aromatic carbocycles. The van der Waals surface area contributed by atoms with E-state index in [1.54, 1.807) is 5.38 Å². The third kappa shape index (κ3) is 4.75. The smallest absolute Gasteiger partial charge is 0.304 e. The molecule has 0 saturated heterocycles. The molecule has 0 aliphatic rings. The molecule has 15 heavy (non-hydrogen) atoms. The van der Waals surface area contributed by atoms with Gasteiger partial charge in [0.1, 0.15) is 6.61 Å². The monoisotopic (exact) mass is 230 g/mol.